The molecule has 6 nitrogen and oxygen atoms in total. The van der Waals surface area contributed by atoms with Crippen LogP contribution in [0.4, 0.5) is 24.5 Å². The Bertz CT molecular complexity index is 1040. The number of benzene rings is 2. The molecule has 2 aromatic carbocycles. The summed E-state index contributed by atoms with van der Waals surface area (Å²) >= 11 is 0. The number of nitro groups is 1. The Hall–Kier alpha value is -2.81. The molecule has 0 spiro atoms. The molecule has 5 rings (SSSR count). The molecule has 3 unspecified atom stereocenters. The van der Waals surface area contributed by atoms with Crippen molar-refractivity contribution in [3.63, 3.8) is 0 Å². The number of non-ortho nitro benzene ring substituents is 1. The Morgan fingerprint density at radius 3 is 2.32 bits per heavy atom. The maximum absolute atomic E-state index is 12.8. The molecule has 1 heterocycles. The molecule has 1 aliphatic heterocycles. The van der Waals surface area contributed by atoms with Crippen molar-refractivity contribution in [3.05, 3.63) is 63.7 Å². The van der Waals surface area contributed by atoms with Gasteiger partial charge in [-0.1, -0.05) is 0 Å². The molecule has 2 aliphatic carbocycles. The summed E-state index contributed by atoms with van der Waals surface area (Å²) in [5.74, 6) is 2.06. The number of rotatable bonds is 6. The van der Waals surface area contributed by atoms with E-state index in [1.165, 1.54) is 37.5 Å². The van der Waals surface area contributed by atoms with Gasteiger partial charge in [0.15, 0.2) is 0 Å². The van der Waals surface area contributed by atoms with Gasteiger partial charge in [0.1, 0.15) is 11.9 Å². The van der Waals surface area contributed by atoms with Crippen LogP contribution >= 0.6 is 0 Å². The van der Waals surface area contributed by atoms with Crippen LogP contribution in [-0.4, -0.2) is 42.1 Å². The van der Waals surface area contributed by atoms with Gasteiger partial charge in [0.05, 0.1) is 10.5 Å². The molecular weight excluding hydrogens is 447 g/mol. The van der Waals surface area contributed by atoms with E-state index in [4.69, 9.17) is 4.74 Å². The zero-order valence-electron chi connectivity index (χ0n) is 18.8. The predicted octanol–water partition coefficient (Wildman–Crippen LogP) is 5.50. The lowest BCUT2D eigenvalue weighted by Crippen LogP contribution is -2.46. The maximum Gasteiger partial charge on any atom is 0.416 e. The van der Waals surface area contributed by atoms with Crippen LogP contribution in [0.1, 0.15) is 36.8 Å². The molecule has 1 saturated heterocycles. The lowest BCUT2D eigenvalue weighted by atomic mass is 9.97. The van der Waals surface area contributed by atoms with Gasteiger partial charge in [0.2, 0.25) is 0 Å². The summed E-state index contributed by atoms with van der Waals surface area (Å²) < 4.78 is 44.9. The zero-order valence-corrected chi connectivity index (χ0v) is 18.8. The monoisotopic (exact) mass is 475 g/mol. The Morgan fingerprint density at radius 2 is 1.74 bits per heavy atom. The molecule has 9 heteroatoms. The van der Waals surface area contributed by atoms with E-state index in [0.717, 1.165) is 41.5 Å². The number of alkyl halides is 3. The fourth-order valence-corrected chi connectivity index (χ4v) is 5.68. The third-order valence-corrected chi connectivity index (χ3v) is 7.53. The van der Waals surface area contributed by atoms with E-state index in [9.17, 15) is 23.3 Å². The molecule has 3 aliphatic rings. The summed E-state index contributed by atoms with van der Waals surface area (Å²) in [6.07, 6.45) is 0.610. The average molecular weight is 476 g/mol. The summed E-state index contributed by atoms with van der Waals surface area (Å²) in [7, 11) is 0. The number of fused-ring (bicyclic) bond motifs is 2. The Morgan fingerprint density at radius 1 is 1.00 bits per heavy atom. The van der Waals surface area contributed by atoms with Gasteiger partial charge in [-0.15, -0.1) is 0 Å². The fourth-order valence-electron chi connectivity index (χ4n) is 5.68. The number of piperazine rings is 1. The third-order valence-electron chi connectivity index (χ3n) is 7.53. The SMILES string of the molecule is O=[N+]([O-])c1ccc(OC2CC3CCC2C3)c(CN2CCN(c3ccc(C(F)(F)F)cc3)CC2)c1. The van der Waals surface area contributed by atoms with Gasteiger partial charge in [0, 0.05) is 56.1 Å². The van der Waals surface area contributed by atoms with Crippen LogP contribution in [0.15, 0.2) is 42.5 Å². The van der Waals surface area contributed by atoms with Gasteiger partial charge < -0.3 is 9.64 Å². The summed E-state index contributed by atoms with van der Waals surface area (Å²) in [4.78, 5) is 15.3. The van der Waals surface area contributed by atoms with E-state index in [2.05, 4.69) is 9.80 Å². The van der Waals surface area contributed by atoms with Gasteiger partial charge in [0.25, 0.3) is 5.69 Å². The highest BCUT2D eigenvalue weighted by Crippen LogP contribution is 2.46. The van der Waals surface area contributed by atoms with E-state index in [-0.39, 0.29) is 16.7 Å². The summed E-state index contributed by atoms with van der Waals surface area (Å²) in [6, 6.07) is 10.1. The minimum atomic E-state index is -4.34. The first-order chi connectivity index (χ1) is 16.3. The maximum atomic E-state index is 12.8. The van der Waals surface area contributed by atoms with Gasteiger partial charge >= 0.3 is 6.18 Å². The lowest BCUT2D eigenvalue weighted by Gasteiger charge is -2.36. The summed E-state index contributed by atoms with van der Waals surface area (Å²) in [6.45, 7) is 3.29. The number of hydrogen-bond acceptors (Lipinski definition) is 5. The number of nitrogens with zero attached hydrogens (tertiary/aromatic N) is 3. The van der Waals surface area contributed by atoms with Crippen LogP contribution in [0.25, 0.3) is 0 Å². The van der Waals surface area contributed by atoms with Crippen LogP contribution in [-0.2, 0) is 12.7 Å². The van der Waals surface area contributed by atoms with Crippen molar-refractivity contribution >= 4 is 11.4 Å². The molecule has 2 aromatic rings. The molecule has 3 atom stereocenters. The van der Waals surface area contributed by atoms with Crippen molar-refractivity contribution in [1.82, 2.24) is 4.90 Å². The van der Waals surface area contributed by atoms with E-state index >= 15 is 0 Å². The second-order valence-corrected chi connectivity index (χ2v) is 9.69. The Balaban J connectivity index is 1.24. The normalized spacial score (nSPS) is 25.0. The second-order valence-electron chi connectivity index (χ2n) is 9.69. The molecular formula is C25H28F3N3O3. The van der Waals surface area contributed by atoms with Gasteiger partial charge in [-0.05, 0) is 67.9 Å². The van der Waals surface area contributed by atoms with Gasteiger partial charge in [-0.2, -0.15) is 13.2 Å². The number of nitro benzene ring substituents is 1. The molecule has 2 bridgehead atoms. The third kappa shape index (κ3) is 4.85. The number of hydrogen-bond donors (Lipinski definition) is 0. The van der Waals surface area contributed by atoms with Gasteiger partial charge in [-0.25, -0.2) is 0 Å². The summed E-state index contributed by atoms with van der Waals surface area (Å²) in [5.41, 5.74) is 0.991. The van der Waals surface area contributed by atoms with E-state index in [0.29, 0.717) is 38.6 Å². The molecule has 182 valence electrons. The fraction of sp³-hybridized carbons (Fsp3) is 0.520. The minimum Gasteiger partial charge on any atom is -0.490 e. The molecule has 0 aromatic heterocycles. The van der Waals surface area contributed by atoms with Crippen LogP contribution in [0, 0.1) is 22.0 Å². The second kappa shape index (κ2) is 9.09. The van der Waals surface area contributed by atoms with E-state index in [1.807, 2.05) is 0 Å². The molecule has 2 saturated carbocycles. The molecule has 34 heavy (non-hydrogen) atoms. The van der Waals surface area contributed by atoms with Crippen LogP contribution in [0.2, 0.25) is 0 Å². The van der Waals surface area contributed by atoms with Crippen LogP contribution in [0.3, 0.4) is 0 Å². The van der Waals surface area contributed by atoms with Crippen molar-refractivity contribution in [2.24, 2.45) is 11.8 Å². The molecule has 0 amide bonds. The molecule has 0 radical (unpaired) electrons. The Labute approximate surface area is 196 Å². The van der Waals surface area contributed by atoms with E-state index < -0.39 is 11.7 Å². The van der Waals surface area contributed by atoms with Gasteiger partial charge in [-0.3, -0.25) is 15.0 Å². The van der Waals surface area contributed by atoms with Crippen molar-refractivity contribution in [2.45, 2.75) is 44.5 Å². The first kappa shape index (κ1) is 23.0. The number of halogens is 3. The average Bonchev–Trinajstić information content (AvgIpc) is 3.43. The van der Waals surface area contributed by atoms with Crippen LogP contribution in [0.5, 0.6) is 5.75 Å². The van der Waals surface area contributed by atoms with Crippen molar-refractivity contribution in [3.8, 4) is 5.75 Å². The quantitative estimate of drug-likeness (QED) is 0.408. The highest BCUT2D eigenvalue weighted by Gasteiger charge is 2.41. The first-order valence-electron chi connectivity index (χ1n) is 11.8. The highest BCUT2D eigenvalue weighted by atomic mass is 19.4. The van der Waals surface area contributed by atoms with Crippen molar-refractivity contribution < 1.29 is 22.8 Å². The highest BCUT2D eigenvalue weighted by molar-refractivity contribution is 5.49. The smallest absolute Gasteiger partial charge is 0.416 e. The van der Waals surface area contributed by atoms with Crippen LogP contribution < -0.4 is 9.64 Å². The first-order valence-corrected chi connectivity index (χ1v) is 11.8. The predicted molar refractivity (Wildman–Crippen MR) is 122 cm³/mol. The minimum absolute atomic E-state index is 0.0543. The summed E-state index contributed by atoms with van der Waals surface area (Å²) in [5, 5.41) is 11.4. The largest absolute Gasteiger partial charge is 0.490 e. The number of ether oxygens (including phenoxy) is 1. The molecule has 0 N–H and O–H groups in total. The Kier molecular flexibility index (Phi) is 6.14. The van der Waals surface area contributed by atoms with E-state index in [1.54, 1.807) is 12.1 Å². The van der Waals surface area contributed by atoms with Crippen molar-refractivity contribution in [2.75, 3.05) is 31.1 Å². The lowest BCUT2D eigenvalue weighted by molar-refractivity contribution is -0.385. The number of anilines is 1. The van der Waals surface area contributed by atoms with Crippen molar-refractivity contribution in [1.29, 1.82) is 0 Å². The standard InChI is InChI=1S/C25H28F3N3O3/c26-25(27,28)20-3-5-21(6-4-20)30-11-9-29(10-12-30)16-19-15-22(31(32)33)7-8-23(19)34-24-14-17-1-2-18(24)13-17/h3-8,15,17-18,24H,1-2,9-14,16H2. The topological polar surface area (TPSA) is 58.9 Å². The zero-order chi connectivity index (χ0) is 23.9. The molecule has 3 fully saturated rings.